The van der Waals surface area contributed by atoms with E-state index in [0.29, 0.717) is 16.6 Å². The van der Waals surface area contributed by atoms with Gasteiger partial charge in [0.25, 0.3) is 0 Å². The molecule has 0 saturated heterocycles. The zero-order valence-electron chi connectivity index (χ0n) is 9.61. The van der Waals surface area contributed by atoms with Crippen LogP contribution in [0.5, 0.6) is 0 Å². The molecule has 0 aliphatic heterocycles. The maximum absolute atomic E-state index is 10.9. The Hall–Kier alpha value is -1.59. The standard InChI is InChI=1S/C12H11ClN2O2S/c1-7-4-8(2-3-10(7)11(16)17)14-5-9-6-15-12(13)18-9/h2-4,6,14H,5H2,1H3,(H,16,17). The van der Waals surface area contributed by atoms with E-state index in [9.17, 15) is 4.79 Å². The molecule has 4 nitrogen and oxygen atoms in total. The van der Waals surface area contributed by atoms with Gasteiger partial charge in [-0.1, -0.05) is 11.6 Å². The van der Waals surface area contributed by atoms with E-state index >= 15 is 0 Å². The van der Waals surface area contributed by atoms with E-state index in [1.54, 1.807) is 25.3 Å². The lowest BCUT2D eigenvalue weighted by Crippen LogP contribution is -2.02. The molecular weight excluding hydrogens is 272 g/mol. The minimum absolute atomic E-state index is 0.321. The third kappa shape index (κ3) is 3.00. The van der Waals surface area contributed by atoms with Gasteiger partial charge < -0.3 is 10.4 Å². The van der Waals surface area contributed by atoms with E-state index in [4.69, 9.17) is 16.7 Å². The Morgan fingerprint density at radius 1 is 1.56 bits per heavy atom. The Morgan fingerprint density at radius 2 is 2.33 bits per heavy atom. The highest BCUT2D eigenvalue weighted by Crippen LogP contribution is 2.20. The van der Waals surface area contributed by atoms with Crippen LogP contribution in [-0.2, 0) is 6.54 Å². The molecule has 18 heavy (non-hydrogen) atoms. The van der Waals surface area contributed by atoms with Gasteiger partial charge in [-0.3, -0.25) is 0 Å². The first kappa shape index (κ1) is 12.9. The fourth-order valence-corrected chi connectivity index (χ4v) is 2.49. The summed E-state index contributed by atoms with van der Waals surface area (Å²) in [6.07, 6.45) is 1.72. The largest absolute Gasteiger partial charge is 0.478 e. The molecule has 1 aromatic heterocycles. The number of nitrogens with one attached hydrogen (secondary N) is 1. The number of anilines is 1. The van der Waals surface area contributed by atoms with Crippen LogP contribution in [0.4, 0.5) is 5.69 Å². The Labute approximate surface area is 113 Å². The summed E-state index contributed by atoms with van der Waals surface area (Å²) in [5, 5.41) is 12.1. The summed E-state index contributed by atoms with van der Waals surface area (Å²) < 4.78 is 0.518. The van der Waals surface area contributed by atoms with Crippen molar-refractivity contribution in [3.8, 4) is 0 Å². The van der Waals surface area contributed by atoms with Crippen molar-refractivity contribution >= 4 is 34.6 Å². The van der Waals surface area contributed by atoms with Gasteiger partial charge in [-0.25, -0.2) is 9.78 Å². The molecule has 1 heterocycles. The first-order chi connectivity index (χ1) is 8.56. The number of aromatic carboxylic acids is 1. The lowest BCUT2D eigenvalue weighted by atomic mass is 10.1. The second-order valence-corrected chi connectivity index (χ2v) is 5.47. The number of thiazole rings is 1. The Morgan fingerprint density at radius 3 is 2.89 bits per heavy atom. The van der Waals surface area contributed by atoms with Crippen molar-refractivity contribution in [3.05, 3.63) is 44.9 Å². The zero-order chi connectivity index (χ0) is 13.1. The smallest absolute Gasteiger partial charge is 0.335 e. The SMILES string of the molecule is Cc1cc(NCc2cnc(Cl)s2)ccc1C(=O)O. The quantitative estimate of drug-likeness (QED) is 0.902. The van der Waals surface area contributed by atoms with Crippen molar-refractivity contribution in [2.75, 3.05) is 5.32 Å². The van der Waals surface area contributed by atoms with Gasteiger partial charge in [-0.15, -0.1) is 11.3 Å². The molecule has 0 amide bonds. The fourth-order valence-electron chi connectivity index (χ4n) is 1.57. The monoisotopic (exact) mass is 282 g/mol. The minimum Gasteiger partial charge on any atom is -0.478 e. The topological polar surface area (TPSA) is 62.2 Å². The van der Waals surface area contributed by atoms with E-state index in [2.05, 4.69) is 10.3 Å². The molecule has 2 rings (SSSR count). The van der Waals surface area contributed by atoms with Crippen molar-refractivity contribution in [2.24, 2.45) is 0 Å². The van der Waals surface area contributed by atoms with Gasteiger partial charge in [-0.05, 0) is 30.7 Å². The molecule has 0 aliphatic carbocycles. The van der Waals surface area contributed by atoms with Crippen LogP contribution in [0.1, 0.15) is 20.8 Å². The van der Waals surface area contributed by atoms with Crippen LogP contribution in [0.3, 0.4) is 0 Å². The normalized spacial score (nSPS) is 10.3. The summed E-state index contributed by atoms with van der Waals surface area (Å²) in [6.45, 7) is 2.40. The highest BCUT2D eigenvalue weighted by atomic mass is 35.5. The molecule has 0 aliphatic rings. The van der Waals surface area contributed by atoms with Crippen molar-refractivity contribution < 1.29 is 9.90 Å². The van der Waals surface area contributed by atoms with Gasteiger partial charge >= 0.3 is 5.97 Å². The van der Waals surface area contributed by atoms with Crippen LogP contribution in [0, 0.1) is 6.92 Å². The maximum atomic E-state index is 10.9. The average Bonchev–Trinajstić information content (AvgIpc) is 2.72. The number of benzene rings is 1. The zero-order valence-corrected chi connectivity index (χ0v) is 11.2. The lowest BCUT2D eigenvalue weighted by molar-refractivity contribution is 0.0696. The number of aromatic nitrogens is 1. The predicted octanol–water partition coefficient (Wildman–Crippen LogP) is 3.42. The predicted molar refractivity (Wildman–Crippen MR) is 72.6 cm³/mol. The number of hydrogen-bond acceptors (Lipinski definition) is 4. The molecule has 0 atom stereocenters. The van der Waals surface area contributed by atoms with Crippen LogP contribution in [0.2, 0.25) is 4.47 Å². The number of rotatable bonds is 4. The summed E-state index contributed by atoms with van der Waals surface area (Å²) in [5.41, 5.74) is 1.93. The summed E-state index contributed by atoms with van der Waals surface area (Å²) in [4.78, 5) is 15.9. The maximum Gasteiger partial charge on any atom is 0.335 e. The molecule has 0 spiro atoms. The van der Waals surface area contributed by atoms with Crippen LogP contribution in [-0.4, -0.2) is 16.1 Å². The summed E-state index contributed by atoms with van der Waals surface area (Å²) in [6, 6.07) is 5.16. The van der Waals surface area contributed by atoms with Gasteiger partial charge in [-0.2, -0.15) is 0 Å². The first-order valence-electron chi connectivity index (χ1n) is 5.24. The molecule has 2 N–H and O–H groups in total. The van der Waals surface area contributed by atoms with E-state index in [0.717, 1.165) is 16.1 Å². The number of hydrogen-bond donors (Lipinski definition) is 2. The molecule has 0 bridgehead atoms. The second-order valence-electron chi connectivity index (χ2n) is 3.77. The number of carboxylic acids is 1. The van der Waals surface area contributed by atoms with E-state index < -0.39 is 5.97 Å². The Kier molecular flexibility index (Phi) is 3.84. The average molecular weight is 283 g/mol. The highest BCUT2D eigenvalue weighted by molar-refractivity contribution is 7.15. The molecule has 0 radical (unpaired) electrons. The van der Waals surface area contributed by atoms with Crippen molar-refractivity contribution in [3.63, 3.8) is 0 Å². The first-order valence-corrected chi connectivity index (χ1v) is 6.44. The molecule has 0 saturated carbocycles. The number of halogens is 1. The highest BCUT2D eigenvalue weighted by Gasteiger charge is 2.07. The van der Waals surface area contributed by atoms with E-state index in [1.807, 2.05) is 6.07 Å². The van der Waals surface area contributed by atoms with Gasteiger partial charge in [0, 0.05) is 16.8 Å². The Balaban J connectivity index is 2.06. The molecule has 1 aromatic carbocycles. The fraction of sp³-hybridized carbons (Fsp3) is 0.167. The van der Waals surface area contributed by atoms with Crippen molar-refractivity contribution in [2.45, 2.75) is 13.5 Å². The lowest BCUT2D eigenvalue weighted by Gasteiger charge is -2.07. The third-order valence-corrected chi connectivity index (χ3v) is 3.56. The summed E-state index contributed by atoms with van der Waals surface area (Å²) in [5.74, 6) is -0.909. The van der Waals surface area contributed by atoms with Gasteiger partial charge in [0.2, 0.25) is 0 Å². The molecule has 0 unspecified atom stereocenters. The van der Waals surface area contributed by atoms with Gasteiger partial charge in [0.15, 0.2) is 4.47 Å². The summed E-state index contributed by atoms with van der Waals surface area (Å²) in [7, 11) is 0. The Bertz CT molecular complexity index is 583. The molecule has 94 valence electrons. The van der Waals surface area contributed by atoms with Gasteiger partial charge in [0.05, 0.1) is 12.1 Å². The van der Waals surface area contributed by atoms with Crippen molar-refractivity contribution in [1.29, 1.82) is 0 Å². The molecule has 6 heteroatoms. The number of carboxylic acid groups (broad SMARTS) is 1. The number of carbonyl (C=O) groups is 1. The third-order valence-electron chi connectivity index (χ3n) is 2.45. The van der Waals surface area contributed by atoms with Crippen LogP contribution in [0.15, 0.2) is 24.4 Å². The van der Waals surface area contributed by atoms with Gasteiger partial charge in [0.1, 0.15) is 0 Å². The molecular formula is C12H11ClN2O2S. The van der Waals surface area contributed by atoms with E-state index in [-0.39, 0.29) is 0 Å². The van der Waals surface area contributed by atoms with E-state index in [1.165, 1.54) is 11.3 Å². The molecule has 0 fully saturated rings. The van der Waals surface area contributed by atoms with Crippen molar-refractivity contribution in [1.82, 2.24) is 4.98 Å². The summed E-state index contributed by atoms with van der Waals surface area (Å²) >= 11 is 7.15. The van der Waals surface area contributed by atoms with Crippen LogP contribution in [0.25, 0.3) is 0 Å². The molecule has 2 aromatic rings. The number of nitrogens with zero attached hydrogens (tertiary/aromatic N) is 1. The minimum atomic E-state index is -0.909. The number of aryl methyl sites for hydroxylation is 1. The second kappa shape index (κ2) is 5.37. The van der Waals surface area contributed by atoms with Crippen LogP contribution < -0.4 is 5.32 Å². The van der Waals surface area contributed by atoms with Crippen LogP contribution >= 0.6 is 22.9 Å².